The molecule has 1 unspecified atom stereocenters. The number of nitrogens with zero attached hydrogens (tertiary/aromatic N) is 3. The van der Waals surface area contributed by atoms with E-state index in [9.17, 15) is 14.3 Å². The van der Waals surface area contributed by atoms with Crippen molar-refractivity contribution in [1.82, 2.24) is 4.90 Å². The Hall–Kier alpha value is -3.81. The summed E-state index contributed by atoms with van der Waals surface area (Å²) in [4.78, 5) is 21.6. The number of benzene rings is 2. The molecule has 1 saturated heterocycles. The number of para-hydroxylation sites is 1. The van der Waals surface area contributed by atoms with Crippen LogP contribution in [0.4, 0.5) is 10.1 Å². The Kier molecular flexibility index (Phi) is 6.43. The van der Waals surface area contributed by atoms with Gasteiger partial charge in [0.25, 0.3) is 5.91 Å². The summed E-state index contributed by atoms with van der Waals surface area (Å²) in [5.41, 5.74) is 1.31. The third kappa shape index (κ3) is 4.32. The van der Waals surface area contributed by atoms with Crippen molar-refractivity contribution in [2.24, 2.45) is 10.9 Å². The summed E-state index contributed by atoms with van der Waals surface area (Å²) in [5.74, 6) is 0.972. The molecule has 2 aromatic carbocycles. The minimum absolute atomic E-state index is 0.0247. The van der Waals surface area contributed by atoms with E-state index >= 15 is 0 Å². The van der Waals surface area contributed by atoms with Gasteiger partial charge in [-0.2, -0.15) is 0 Å². The number of aliphatic imine (C=N–C) groups is 1. The first-order valence-corrected chi connectivity index (χ1v) is 12.2. The molecular formula is C28H30FN3O4. The SMILES string of the molecule is C=C1N=C(CC2CC2)N(c2c(OC)cccc2OC)C(O)=C1C(=O)N1CCC(c2ccccc2F)C1. The smallest absolute Gasteiger partial charge is 0.261 e. The number of anilines is 1. The zero-order chi connectivity index (χ0) is 25.4. The van der Waals surface area contributed by atoms with Gasteiger partial charge in [-0.05, 0) is 48.9 Å². The highest BCUT2D eigenvalue weighted by Crippen LogP contribution is 2.44. The number of aliphatic hydroxyl groups is 1. The Bertz CT molecular complexity index is 1240. The minimum Gasteiger partial charge on any atom is -0.494 e. The fourth-order valence-corrected chi connectivity index (χ4v) is 5.01. The van der Waals surface area contributed by atoms with Gasteiger partial charge in [0.05, 0.1) is 19.9 Å². The summed E-state index contributed by atoms with van der Waals surface area (Å²) in [5, 5.41) is 11.6. The molecule has 2 heterocycles. The average molecular weight is 492 g/mol. The average Bonchev–Trinajstić information content (AvgIpc) is 3.55. The van der Waals surface area contributed by atoms with Crippen molar-refractivity contribution in [3.05, 3.63) is 77.6 Å². The molecule has 0 spiro atoms. The fraction of sp³-hybridized carbons (Fsp3) is 0.357. The normalized spacial score (nSPS) is 20.0. The van der Waals surface area contributed by atoms with Crippen LogP contribution in [-0.4, -0.2) is 49.1 Å². The third-order valence-corrected chi connectivity index (χ3v) is 7.07. The van der Waals surface area contributed by atoms with Gasteiger partial charge in [0.15, 0.2) is 0 Å². The number of halogens is 1. The number of amides is 1. The van der Waals surface area contributed by atoms with E-state index in [1.54, 1.807) is 60.4 Å². The Morgan fingerprint density at radius 1 is 1.11 bits per heavy atom. The molecule has 7 nitrogen and oxygen atoms in total. The Morgan fingerprint density at radius 3 is 2.44 bits per heavy atom. The molecule has 2 fully saturated rings. The summed E-state index contributed by atoms with van der Waals surface area (Å²) >= 11 is 0. The first-order chi connectivity index (χ1) is 17.4. The predicted molar refractivity (Wildman–Crippen MR) is 136 cm³/mol. The third-order valence-electron chi connectivity index (χ3n) is 7.07. The van der Waals surface area contributed by atoms with Crippen molar-refractivity contribution in [1.29, 1.82) is 0 Å². The highest BCUT2D eigenvalue weighted by atomic mass is 19.1. The van der Waals surface area contributed by atoms with Crippen LogP contribution in [0.2, 0.25) is 0 Å². The zero-order valence-electron chi connectivity index (χ0n) is 20.5. The molecule has 1 N–H and O–H groups in total. The second-order valence-electron chi connectivity index (χ2n) is 9.43. The van der Waals surface area contributed by atoms with Crippen molar-refractivity contribution in [2.75, 3.05) is 32.2 Å². The van der Waals surface area contributed by atoms with Crippen LogP contribution in [0.25, 0.3) is 0 Å². The van der Waals surface area contributed by atoms with Gasteiger partial charge >= 0.3 is 0 Å². The largest absolute Gasteiger partial charge is 0.494 e. The molecule has 188 valence electrons. The number of hydrogen-bond acceptors (Lipinski definition) is 6. The summed E-state index contributed by atoms with van der Waals surface area (Å²) < 4.78 is 25.6. The van der Waals surface area contributed by atoms with E-state index in [1.807, 2.05) is 0 Å². The molecular weight excluding hydrogens is 461 g/mol. The lowest BCUT2D eigenvalue weighted by Crippen LogP contribution is -2.39. The number of ether oxygens (including phenoxy) is 2. The van der Waals surface area contributed by atoms with Crippen LogP contribution in [-0.2, 0) is 4.79 Å². The number of likely N-dealkylation sites (tertiary alicyclic amines) is 1. The number of aliphatic hydroxyl groups excluding tert-OH is 1. The topological polar surface area (TPSA) is 74.6 Å². The number of carbonyl (C=O) groups excluding carboxylic acids is 1. The lowest BCUT2D eigenvalue weighted by Gasteiger charge is -2.33. The molecule has 2 aromatic rings. The van der Waals surface area contributed by atoms with E-state index in [-0.39, 0.29) is 34.8 Å². The molecule has 0 radical (unpaired) electrons. The van der Waals surface area contributed by atoms with E-state index in [1.165, 1.54) is 6.07 Å². The Balaban J connectivity index is 1.51. The molecule has 1 atom stereocenters. The van der Waals surface area contributed by atoms with Crippen LogP contribution in [0, 0.1) is 11.7 Å². The maximum atomic E-state index is 14.4. The molecule has 1 saturated carbocycles. The van der Waals surface area contributed by atoms with Gasteiger partial charge in [-0.1, -0.05) is 30.8 Å². The first-order valence-electron chi connectivity index (χ1n) is 12.2. The fourth-order valence-electron chi connectivity index (χ4n) is 5.01. The number of hydrogen-bond donors (Lipinski definition) is 1. The second-order valence-corrected chi connectivity index (χ2v) is 9.43. The highest BCUT2D eigenvalue weighted by Gasteiger charge is 2.39. The van der Waals surface area contributed by atoms with Crippen molar-refractivity contribution < 1.29 is 23.8 Å². The quantitative estimate of drug-likeness (QED) is 0.579. The van der Waals surface area contributed by atoms with Crippen LogP contribution in [0.1, 0.15) is 37.2 Å². The molecule has 0 aromatic heterocycles. The summed E-state index contributed by atoms with van der Waals surface area (Å²) in [6.45, 7) is 4.81. The van der Waals surface area contributed by atoms with Gasteiger partial charge in [0.1, 0.15) is 34.4 Å². The van der Waals surface area contributed by atoms with Crippen molar-refractivity contribution in [2.45, 2.75) is 31.6 Å². The van der Waals surface area contributed by atoms with Crippen molar-refractivity contribution in [3.63, 3.8) is 0 Å². The summed E-state index contributed by atoms with van der Waals surface area (Å²) in [6.07, 6.45) is 3.44. The maximum Gasteiger partial charge on any atom is 0.261 e. The molecule has 1 amide bonds. The lowest BCUT2D eigenvalue weighted by atomic mass is 9.98. The molecule has 5 rings (SSSR count). The number of amidine groups is 1. The summed E-state index contributed by atoms with van der Waals surface area (Å²) in [7, 11) is 3.08. The first kappa shape index (κ1) is 23.9. The van der Waals surface area contributed by atoms with Gasteiger partial charge in [-0.25, -0.2) is 9.38 Å². The summed E-state index contributed by atoms with van der Waals surface area (Å²) in [6, 6.07) is 12.0. The molecule has 8 heteroatoms. The monoisotopic (exact) mass is 491 g/mol. The van der Waals surface area contributed by atoms with E-state index in [2.05, 4.69) is 6.58 Å². The predicted octanol–water partition coefficient (Wildman–Crippen LogP) is 5.16. The maximum absolute atomic E-state index is 14.4. The standard InChI is InChI=1S/C28H30FN3O4/c1-17-25(27(33)31-14-13-19(16-31)20-7-4-5-8-21(20)29)28(34)32(24(30-17)15-18-11-12-18)26-22(35-2)9-6-10-23(26)36-3/h4-10,18-19,34H,1,11-16H2,2-3H3. The van der Waals surface area contributed by atoms with Crippen LogP contribution in [0.15, 0.2) is 71.2 Å². The number of methoxy groups -OCH3 is 2. The lowest BCUT2D eigenvalue weighted by molar-refractivity contribution is -0.126. The van der Waals surface area contributed by atoms with Gasteiger partial charge in [-0.15, -0.1) is 0 Å². The van der Waals surface area contributed by atoms with Gasteiger partial charge < -0.3 is 19.5 Å². The van der Waals surface area contributed by atoms with Gasteiger partial charge in [0, 0.05) is 25.4 Å². The van der Waals surface area contributed by atoms with E-state index in [0.717, 1.165) is 12.8 Å². The van der Waals surface area contributed by atoms with Gasteiger partial charge in [0.2, 0.25) is 5.88 Å². The molecule has 1 aliphatic carbocycles. The van der Waals surface area contributed by atoms with Gasteiger partial charge in [-0.3, -0.25) is 9.69 Å². The number of rotatable bonds is 7. The zero-order valence-corrected chi connectivity index (χ0v) is 20.5. The molecule has 3 aliphatic rings. The molecule has 0 bridgehead atoms. The highest BCUT2D eigenvalue weighted by molar-refractivity contribution is 6.10. The molecule has 2 aliphatic heterocycles. The van der Waals surface area contributed by atoms with Crippen molar-refractivity contribution in [3.8, 4) is 11.5 Å². The van der Waals surface area contributed by atoms with Crippen LogP contribution in [0.5, 0.6) is 11.5 Å². The Labute approximate surface area is 210 Å². The van der Waals surface area contributed by atoms with E-state index in [0.29, 0.717) is 60.4 Å². The van der Waals surface area contributed by atoms with E-state index < -0.39 is 0 Å². The second kappa shape index (κ2) is 9.68. The van der Waals surface area contributed by atoms with E-state index in [4.69, 9.17) is 14.5 Å². The van der Waals surface area contributed by atoms with Crippen LogP contribution < -0.4 is 14.4 Å². The number of carbonyl (C=O) groups is 1. The Morgan fingerprint density at radius 2 is 1.81 bits per heavy atom. The van der Waals surface area contributed by atoms with Crippen molar-refractivity contribution >= 4 is 17.4 Å². The van der Waals surface area contributed by atoms with Crippen LogP contribution in [0.3, 0.4) is 0 Å². The minimum atomic E-state index is -0.385. The molecule has 36 heavy (non-hydrogen) atoms. The van der Waals surface area contributed by atoms with Crippen LogP contribution >= 0.6 is 0 Å².